The second kappa shape index (κ2) is 5.62. The second-order valence-electron chi connectivity index (χ2n) is 5.64. The third kappa shape index (κ3) is 3.44. The maximum Gasteiger partial charge on any atom is 0.469 e. The van der Waals surface area contributed by atoms with Crippen molar-refractivity contribution >= 4 is 13.6 Å². The summed E-state index contributed by atoms with van der Waals surface area (Å²) in [5.74, 6) is -0.0713. The van der Waals surface area contributed by atoms with E-state index in [1.165, 1.54) is 13.0 Å². The Balaban J connectivity index is 2.36. The standard InChI is InChI=1S/C11H17FN3O7P/c1-10(5-21-23(18,19)20)7(16)11(2,12)8(22-10)15-4-3-6(13)14-9(15)17/h3-4,7-8,16H,5H2,1-2H3,(H2,13,14,17)(H2,18,19,20)/t7-,8?,10-,11-/m1/s1. The van der Waals surface area contributed by atoms with Crippen molar-refractivity contribution in [1.29, 1.82) is 0 Å². The van der Waals surface area contributed by atoms with Gasteiger partial charge in [-0.25, -0.2) is 13.8 Å². The van der Waals surface area contributed by atoms with Gasteiger partial charge in [0.05, 0.1) is 6.61 Å². The van der Waals surface area contributed by atoms with Crippen molar-refractivity contribution in [1.82, 2.24) is 9.55 Å². The molecule has 0 amide bonds. The zero-order chi connectivity index (χ0) is 17.6. The molecule has 0 saturated carbocycles. The number of halogens is 1. The van der Waals surface area contributed by atoms with E-state index in [1.807, 2.05) is 0 Å². The van der Waals surface area contributed by atoms with E-state index in [2.05, 4.69) is 9.51 Å². The lowest BCUT2D eigenvalue weighted by Gasteiger charge is -2.28. The van der Waals surface area contributed by atoms with Crippen LogP contribution in [0.15, 0.2) is 17.1 Å². The number of nitrogens with two attached hydrogens (primary N) is 1. The molecule has 4 atom stereocenters. The molecule has 1 aromatic heterocycles. The van der Waals surface area contributed by atoms with Crippen LogP contribution in [0, 0.1) is 0 Å². The molecule has 0 spiro atoms. The van der Waals surface area contributed by atoms with Gasteiger partial charge in [0.15, 0.2) is 11.9 Å². The Labute approximate surface area is 129 Å². The average Bonchev–Trinajstić information content (AvgIpc) is 2.58. The van der Waals surface area contributed by atoms with Crippen LogP contribution >= 0.6 is 7.82 Å². The van der Waals surface area contributed by atoms with E-state index >= 15 is 0 Å². The van der Waals surface area contributed by atoms with E-state index in [1.54, 1.807) is 0 Å². The molecule has 0 aliphatic carbocycles. The van der Waals surface area contributed by atoms with Crippen LogP contribution in [0.1, 0.15) is 20.1 Å². The van der Waals surface area contributed by atoms with Gasteiger partial charge in [-0.15, -0.1) is 0 Å². The highest BCUT2D eigenvalue weighted by molar-refractivity contribution is 7.46. The minimum absolute atomic E-state index is 0.0713. The summed E-state index contributed by atoms with van der Waals surface area (Å²) in [6.45, 7) is 1.42. The number of hydrogen-bond donors (Lipinski definition) is 4. The van der Waals surface area contributed by atoms with Crippen molar-refractivity contribution in [3.63, 3.8) is 0 Å². The highest BCUT2D eigenvalue weighted by Crippen LogP contribution is 2.48. The molecule has 0 radical (unpaired) electrons. The number of rotatable bonds is 4. The van der Waals surface area contributed by atoms with Crippen molar-refractivity contribution in [3.05, 3.63) is 22.7 Å². The normalized spacial score (nSPS) is 34.7. The number of hydrogen-bond acceptors (Lipinski definition) is 7. The van der Waals surface area contributed by atoms with Gasteiger partial charge < -0.3 is 25.4 Å². The van der Waals surface area contributed by atoms with E-state index < -0.39 is 43.7 Å². The largest absolute Gasteiger partial charge is 0.469 e. The molecule has 0 bridgehead atoms. The Morgan fingerprint density at radius 2 is 2.17 bits per heavy atom. The minimum atomic E-state index is -4.85. The number of aliphatic hydroxyl groups excluding tert-OH is 1. The molecule has 10 nitrogen and oxygen atoms in total. The van der Waals surface area contributed by atoms with Gasteiger partial charge in [0, 0.05) is 6.20 Å². The number of nitrogens with zero attached hydrogens (tertiary/aromatic N) is 2. The van der Waals surface area contributed by atoms with Crippen LogP contribution in [0.4, 0.5) is 10.2 Å². The molecule has 1 aromatic rings. The molecule has 2 rings (SSSR count). The Kier molecular flexibility index (Phi) is 4.39. The topological polar surface area (TPSA) is 157 Å². The maximum atomic E-state index is 14.9. The fraction of sp³-hybridized carbons (Fsp3) is 0.636. The molecule has 1 saturated heterocycles. The summed E-state index contributed by atoms with van der Waals surface area (Å²) in [5, 5.41) is 10.2. The zero-order valence-corrected chi connectivity index (χ0v) is 13.2. The smallest absolute Gasteiger partial charge is 0.386 e. The molecular weight excluding hydrogens is 336 g/mol. The number of aromatic nitrogens is 2. The zero-order valence-electron chi connectivity index (χ0n) is 12.3. The number of phosphoric ester groups is 1. The Morgan fingerprint density at radius 1 is 1.57 bits per heavy atom. The maximum absolute atomic E-state index is 14.9. The number of nitrogen functional groups attached to an aromatic ring is 1. The summed E-state index contributed by atoms with van der Waals surface area (Å²) in [4.78, 5) is 32.8. The first kappa shape index (κ1) is 18.0. The second-order valence-corrected chi connectivity index (χ2v) is 6.88. The summed E-state index contributed by atoms with van der Waals surface area (Å²) < 4.78 is 36.2. The summed E-state index contributed by atoms with van der Waals surface area (Å²) in [6.07, 6.45) is -2.25. The van der Waals surface area contributed by atoms with Crippen molar-refractivity contribution in [3.8, 4) is 0 Å². The molecule has 5 N–H and O–H groups in total. The van der Waals surface area contributed by atoms with Crippen LogP contribution < -0.4 is 11.4 Å². The number of phosphoric acid groups is 1. The van der Waals surface area contributed by atoms with Crippen molar-refractivity contribution in [2.75, 3.05) is 12.3 Å². The molecule has 1 aliphatic rings. The quantitative estimate of drug-likeness (QED) is 0.514. The van der Waals surface area contributed by atoms with Gasteiger partial charge in [-0.3, -0.25) is 9.09 Å². The molecular formula is C11H17FN3O7P. The van der Waals surface area contributed by atoms with Crippen LogP contribution in [0.25, 0.3) is 0 Å². The Morgan fingerprint density at radius 3 is 2.70 bits per heavy atom. The molecule has 12 heteroatoms. The number of ether oxygens (including phenoxy) is 1. The number of aliphatic hydroxyl groups is 1. The fourth-order valence-electron chi connectivity index (χ4n) is 2.43. The summed E-state index contributed by atoms with van der Waals surface area (Å²) in [6, 6.07) is 1.25. The van der Waals surface area contributed by atoms with E-state index in [0.29, 0.717) is 0 Å². The van der Waals surface area contributed by atoms with Crippen LogP contribution in [0.2, 0.25) is 0 Å². The van der Waals surface area contributed by atoms with E-state index in [9.17, 15) is 18.9 Å². The fourth-order valence-corrected chi connectivity index (χ4v) is 2.85. The van der Waals surface area contributed by atoms with E-state index in [4.69, 9.17) is 20.3 Å². The number of anilines is 1. The number of alkyl halides is 1. The lowest BCUT2D eigenvalue weighted by atomic mass is 9.90. The predicted molar refractivity (Wildman–Crippen MR) is 75.0 cm³/mol. The van der Waals surface area contributed by atoms with Gasteiger partial charge in [0.2, 0.25) is 0 Å². The third-order valence-electron chi connectivity index (χ3n) is 3.60. The summed E-state index contributed by atoms with van der Waals surface area (Å²) in [5.41, 5.74) is 0.213. The van der Waals surface area contributed by atoms with Gasteiger partial charge >= 0.3 is 13.5 Å². The van der Waals surface area contributed by atoms with Gasteiger partial charge in [0.1, 0.15) is 17.5 Å². The van der Waals surface area contributed by atoms with Gasteiger partial charge in [-0.1, -0.05) is 0 Å². The van der Waals surface area contributed by atoms with Crippen LogP contribution in [0.5, 0.6) is 0 Å². The average molecular weight is 353 g/mol. The minimum Gasteiger partial charge on any atom is -0.386 e. The van der Waals surface area contributed by atoms with Crippen molar-refractivity contribution < 1.29 is 33.1 Å². The third-order valence-corrected chi connectivity index (χ3v) is 4.07. The van der Waals surface area contributed by atoms with Crippen molar-refractivity contribution in [2.24, 2.45) is 0 Å². The summed E-state index contributed by atoms with van der Waals surface area (Å²) >= 11 is 0. The van der Waals surface area contributed by atoms with Gasteiger partial charge in [-0.2, -0.15) is 4.98 Å². The highest BCUT2D eigenvalue weighted by atomic mass is 31.2. The SMILES string of the molecule is C[C@]1(COP(=O)(O)O)OC(n2ccc(N)nc2=O)[C@](C)(F)[C@@H]1O. The van der Waals surface area contributed by atoms with Gasteiger partial charge in [-0.05, 0) is 19.9 Å². The van der Waals surface area contributed by atoms with Crippen LogP contribution in [0.3, 0.4) is 0 Å². The molecule has 2 heterocycles. The summed E-state index contributed by atoms with van der Waals surface area (Å²) in [7, 11) is -4.85. The first-order valence-corrected chi connectivity index (χ1v) is 7.99. The van der Waals surface area contributed by atoms with E-state index in [0.717, 1.165) is 17.7 Å². The first-order chi connectivity index (χ1) is 10.4. The van der Waals surface area contributed by atoms with E-state index in [-0.39, 0.29) is 5.82 Å². The molecule has 1 aliphatic heterocycles. The molecule has 130 valence electrons. The first-order valence-electron chi connectivity index (χ1n) is 6.46. The molecule has 0 aromatic carbocycles. The Bertz CT molecular complexity index is 705. The molecule has 1 unspecified atom stereocenters. The Hall–Kier alpha value is -1.36. The molecule has 1 fully saturated rings. The lowest BCUT2D eigenvalue weighted by Crippen LogP contribution is -2.48. The van der Waals surface area contributed by atoms with Crippen LogP contribution in [-0.4, -0.2) is 48.4 Å². The predicted octanol–water partition coefficient (Wildman–Crippen LogP) is -0.689. The monoisotopic (exact) mass is 353 g/mol. The lowest BCUT2D eigenvalue weighted by molar-refractivity contribution is -0.116. The molecule has 23 heavy (non-hydrogen) atoms. The van der Waals surface area contributed by atoms with Crippen LogP contribution in [-0.2, 0) is 13.8 Å². The highest BCUT2D eigenvalue weighted by Gasteiger charge is 2.61. The van der Waals surface area contributed by atoms with Crippen molar-refractivity contribution in [2.45, 2.75) is 37.4 Å². The van der Waals surface area contributed by atoms with Gasteiger partial charge in [0.25, 0.3) is 0 Å².